The Kier molecular flexibility index (Phi) is 3.64. The van der Waals surface area contributed by atoms with E-state index < -0.39 is 10.0 Å². The first kappa shape index (κ1) is 13.6. The predicted molar refractivity (Wildman–Crippen MR) is 75.6 cm³/mol. The van der Waals surface area contributed by atoms with Gasteiger partial charge in [-0.3, -0.25) is 4.72 Å². The van der Waals surface area contributed by atoms with Gasteiger partial charge < -0.3 is 5.73 Å². The summed E-state index contributed by atoms with van der Waals surface area (Å²) in [6, 6.07) is 7.83. The SMILES string of the molecule is Cc1ccc(N)cc1S(=O)(=O)Nc1cccnc1Cl. The first-order valence-electron chi connectivity index (χ1n) is 5.39. The Morgan fingerprint density at radius 2 is 2.05 bits per heavy atom. The quantitative estimate of drug-likeness (QED) is 0.673. The first-order chi connectivity index (χ1) is 8.90. The van der Waals surface area contributed by atoms with Crippen LogP contribution in [0.15, 0.2) is 41.4 Å². The molecular formula is C12H12ClN3O2S. The van der Waals surface area contributed by atoms with Crippen LogP contribution in [-0.2, 0) is 10.0 Å². The first-order valence-corrected chi connectivity index (χ1v) is 7.26. The highest BCUT2D eigenvalue weighted by Crippen LogP contribution is 2.24. The average molecular weight is 298 g/mol. The Morgan fingerprint density at radius 1 is 1.32 bits per heavy atom. The smallest absolute Gasteiger partial charge is 0.262 e. The van der Waals surface area contributed by atoms with E-state index in [-0.39, 0.29) is 15.7 Å². The number of hydrogen-bond donors (Lipinski definition) is 2. The fraction of sp³-hybridized carbons (Fsp3) is 0.0833. The van der Waals surface area contributed by atoms with Gasteiger partial charge >= 0.3 is 0 Å². The highest BCUT2D eigenvalue weighted by molar-refractivity contribution is 7.92. The number of nitrogen functional groups attached to an aromatic ring is 1. The molecule has 0 bridgehead atoms. The lowest BCUT2D eigenvalue weighted by atomic mass is 10.2. The van der Waals surface area contributed by atoms with E-state index in [0.29, 0.717) is 11.3 Å². The molecule has 1 heterocycles. The van der Waals surface area contributed by atoms with Gasteiger partial charge in [0.25, 0.3) is 10.0 Å². The zero-order valence-corrected chi connectivity index (χ0v) is 11.7. The maximum atomic E-state index is 12.3. The number of benzene rings is 1. The molecule has 1 aromatic heterocycles. The van der Waals surface area contributed by atoms with Crippen LogP contribution in [0.4, 0.5) is 11.4 Å². The van der Waals surface area contributed by atoms with Crippen molar-refractivity contribution in [2.75, 3.05) is 10.5 Å². The van der Waals surface area contributed by atoms with Crippen LogP contribution in [0, 0.1) is 6.92 Å². The molecule has 0 saturated heterocycles. The van der Waals surface area contributed by atoms with Crippen molar-refractivity contribution in [3.05, 3.63) is 47.2 Å². The minimum atomic E-state index is -3.74. The van der Waals surface area contributed by atoms with E-state index in [1.807, 2.05) is 0 Å². The second-order valence-corrected chi connectivity index (χ2v) is 5.98. The van der Waals surface area contributed by atoms with Gasteiger partial charge in [-0.2, -0.15) is 0 Å². The van der Waals surface area contributed by atoms with Gasteiger partial charge in [0.2, 0.25) is 0 Å². The van der Waals surface area contributed by atoms with Crippen LogP contribution in [0.5, 0.6) is 0 Å². The molecule has 3 N–H and O–H groups in total. The number of rotatable bonds is 3. The molecule has 0 amide bonds. The maximum Gasteiger partial charge on any atom is 0.262 e. The number of nitrogens with zero attached hydrogens (tertiary/aromatic N) is 1. The monoisotopic (exact) mass is 297 g/mol. The minimum absolute atomic E-state index is 0.0904. The molecule has 0 aliphatic heterocycles. The number of halogens is 1. The van der Waals surface area contributed by atoms with Gasteiger partial charge in [0.1, 0.15) is 0 Å². The van der Waals surface area contributed by atoms with E-state index in [1.165, 1.54) is 18.3 Å². The normalized spacial score (nSPS) is 11.3. The molecule has 0 spiro atoms. The second kappa shape index (κ2) is 5.07. The van der Waals surface area contributed by atoms with Gasteiger partial charge in [-0.25, -0.2) is 13.4 Å². The second-order valence-electron chi connectivity index (χ2n) is 3.97. The number of sulfonamides is 1. The minimum Gasteiger partial charge on any atom is -0.399 e. The number of pyridine rings is 1. The number of nitrogens with one attached hydrogen (secondary N) is 1. The van der Waals surface area contributed by atoms with Gasteiger partial charge in [-0.15, -0.1) is 0 Å². The van der Waals surface area contributed by atoms with E-state index in [1.54, 1.807) is 25.1 Å². The lowest BCUT2D eigenvalue weighted by Gasteiger charge is -2.11. The van der Waals surface area contributed by atoms with Crippen molar-refractivity contribution < 1.29 is 8.42 Å². The standard InChI is InChI=1S/C12H12ClN3O2S/c1-8-4-5-9(14)7-11(8)19(17,18)16-10-3-2-6-15-12(10)13/h2-7,16H,14H2,1H3. The number of hydrogen-bond acceptors (Lipinski definition) is 4. The molecule has 0 atom stereocenters. The van der Waals surface area contributed by atoms with Crippen LogP contribution in [0.2, 0.25) is 5.15 Å². The summed E-state index contributed by atoms with van der Waals surface area (Å²) in [6.07, 6.45) is 1.48. The number of nitrogens with two attached hydrogens (primary N) is 1. The van der Waals surface area contributed by atoms with Crippen LogP contribution in [0.1, 0.15) is 5.56 Å². The van der Waals surface area contributed by atoms with Crippen molar-refractivity contribution in [2.45, 2.75) is 11.8 Å². The number of aromatic nitrogens is 1. The molecule has 0 aliphatic carbocycles. The molecule has 7 heteroatoms. The Hall–Kier alpha value is -1.79. The Bertz CT molecular complexity index is 717. The third-order valence-electron chi connectivity index (χ3n) is 2.51. The summed E-state index contributed by atoms with van der Waals surface area (Å²) < 4.78 is 26.9. The van der Waals surface area contributed by atoms with Gasteiger partial charge in [0.05, 0.1) is 10.6 Å². The highest BCUT2D eigenvalue weighted by Gasteiger charge is 2.18. The lowest BCUT2D eigenvalue weighted by molar-refractivity contribution is 0.600. The molecule has 0 unspecified atom stereocenters. The maximum absolute atomic E-state index is 12.3. The van der Waals surface area contributed by atoms with Crippen molar-refractivity contribution in [1.29, 1.82) is 0 Å². The van der Waals surface area contributed by atoms with Crippen molar-refractivity contribution in [2.24, 2.45) is 0 Å². The largest absolute Gasteiger partial charge is 0.399 e. The fourth-order valence-corrected chi connectivity index (χ4v) is 3.14. The van der Waals surface area contributed by atoms with Crippen LogP contribution >= 0.6 is 11.6 Å². The third kappa shape index (κ3) is 2.97. The molecule has 0 aliphatic rings. The van der Waals surface area contributed by atoms with Crippen LogP contribution in [0.25, 0.3) is 0 Å². The van der Waals surface area contributed by atoms with Crippen molar-refractivity contribution in [1.82, 2.24) is 4.98 Å². The molecule has 0 saturated carbocycles. The van der Waals surface area contributed by atoms with Gasteiger partial charge in [-0.05, 0) is 36.8 Å². The van der Waals surface area contributed by atoms with E-state index in [0.717, 1.165) is 0 Å². The van der Waals surface area contributed by atoms with Crippen LogP contribution < -0.4 is 10.5 Å². The topological polar surface area (TPSA) is 85.1 Å². The molecular weight excluding hydrogens is 286 g/mol. The summed E-state index contributed by atoms with van der Waals surface area (Å²) in [7, 11) is -3.74. The zero-order chi connectivity index (χ0) is 14.0. The molecule has 0 fully saturated rings. The molecule has 100 valence electrons. The zero-order valence-electron chi connectivity index (χ0n) is 10.1. The summed E-state index contributed by atoms with van der Waals surface area (Å²) in [6.45, 7) is 1.69. The molecule has 1 aromatic carbocycles. The Labute approximate surface area is 116 Å². The molecule has 2 aromatic rings. The summed E-state index contributed by atoms with van der Waals surface area (Å²) in [5.41, 5.74) is 6.82. The number of anilines is 2. The summed E-state index contributed by atoms with van der Waals surface area (Å²) >= 11 is 5.83. The summed E-state index contributed by atoms with van der Waals surface area (Å²) in [5.74, 6) is 0. The Balaban J connectivity index is 2.44. The van der Waals surface area contributed by atoms with Crippen LogP contribution in [0.3, 0.4) is 0 Å². The van der Waals surface area contributed by atoms with Crippen molar-refractivity contribution >= 4 is 33.0 Å². The van der Waals surface area contributed by atoms with E-state index in [4.69, 9.17) is 17.3 Å². The fourth-order valence-electron chi connectivity index (χ4n) is 1.57. The predicted octanol–water partition coefficient (Wildman–Crippen LogP) is 2.43. The van der Waals surface area contributed by atoms with E-state index in [9.17, 15) is 8.42 Å². The van der Waals surface area contributed by atoms with Gasteiger partial charge in [0.15, 0.2) is 5.15 Å². The molecule has 0 radical (unpaired) electrons. The van der Waals surface area contributed by atoms with E-state index in [2.05, 4.69) is 9.71 Å². The Morgan fingerprint density at radius 3 is 2.74 bits per heavy atom. The third-order valence-corrected chi connectivity index (χ3v) is 4.31. The summed E-state index contributed by atoms with van der Waals surface area (Å²) in [4.78, 5) is 3.93. The van der Waals surface area contributed by atoms with E-state index >= 15 is 0 Å². The molecule has 2 rings (SSSR count). The van der Waals surface area contributed by atoms with Gasteiger partial charge in [0, 0.05) is 11.9 Å². The van der Waals surface area contributed by atoms with Crippen LogP contribution in [-0.4, -0.2) is 13.4 Å². The average Bonchev–Trinajstić information content (AvgIpc) is 2.35. The number of aryl methyl sites for hydroxylation is 1. The summed E-state index contributed by atoms with van der Waals surface area (Å²) in [5, 5.41) is 0.0904. The lowest BCUT2D eigenvalue weighted by Crippen LogP contribution is -2.15. The highest BCUT2D eigenvalue weighted by atomic mass is 35.5. The van der Waals surface area contributed by atoms with Crippen molar-refractivity contribution in [3.8, 4) is 0 Å². The molecule has 19 heavy (non-hydrogen) atoms. The molecule has 5 nitrogen and oxygen atoms in total. The van der Waals surface area contributed by atoms with Gasteiger partial charge in [-0.1, -0.05) is 17.7 Å². The van der Waals surface area contributed by atoms with Crippen molar-refractivity contribution in [3.63, 3.8) is 0 Å².